The van der Waals surface area contributed by atoms with Gasteiger partial charge in [0.1, 0.15) is 0 Å². The van der Waals surface area contributed by atoms with Crippen LogP contribution in [0.1, 0.15) is 31.4 Å². The van der Waals surface area contributed by atoms with E-state index in [1.54, 1.807) is 6.07 Å². The van der Waals surface area contributed by atoms with E-state index in [1.807, 2.05) is 6.08 Å². The van der Waals surface area contributed by atoms with E-state index < -0.39 is 11.7 Å². The Morgan fingerprint density at radius 2 is 1.90 bits per heavy atom. The Hall–Kier alpha value is -1.00. The van der Waals surface area contributed by atoms with Gasteiger partial charge in [0.05, 0.1) is 5.56 Å². The third kappa shape index (κ3) is 4.00. The Kier molecular flexibility index (Phi) is 5.66. The molecular formula is C15H19ClF3N. The van der Waals surface area contributed by atoms with Crippen LogP contribution in [0.25, 0.3) is 5.57 Å². The normalized spacial score (nSPS) is 16.8. The number of alkyl halides is 3. The molecule has 1 aromatic carbocycles. The summed E-state index contributed by atoms with van der Waals surface area (Å²) in [5.74, 6) is 0. The van der Waals surface area contributed by atoms with Crippen molar-refractivity contribution >= 4 is 18.0 Å². The molecule has 1 aliphatic rings. The van der Waals surface area contributed by atoms with Gasteiger partial charge in [-0.05, 0) is 43.5 Å². The number of hydrogen-bond donors (Lipinski definition) is 0. The molecule has 2 rings (SSSR count). The van der Waals surface area contributed by atoms with Gasteiger partial charge in [-0.1, -0.05) is 18.2 Å². The summed E-state index contributed by atoms with van der Waals surface area (Å²) in [5, 5.41) is 0. The first kappa shape index (κ1) is 17.1. The number of benzene rings is 1. The van der Waals surface area contributed by atoms with Crippen molar-refractivity contribution < 1.29 is 13.2 Å². The Labute approximate surface area is 123 Å². The summed E-state index contributed by atoms with van der Waals surface area (Å²) in [6.45, 7) is 5.91. The minimum Gasteiger partial charge on any atom is -0.296 e. The number of rotatable bonds is 2. The van der Waals surface area contributed by atoms with Crippen LogP contribution in [-0.2, 0) is 6.18 Å². The average molecular weight is 306 g/mol. The first-order chi connectivity index (χ1) is 8.88. The molecule has 0 bridgehead atoms. The van der Waals surface area contributed by atoms with Crippen LogP contribution >= 0.6 is 12.4 Å². The van der Waals surface area contributed by atoms with Gasteiger partial charge in [-0.2, -0.15) is 13.2 Å². The molecule has 0 saturated carbocycles. The van der Waals surface area contributed by atoms with E-state index in [-0.39, 0.29) is 12.4 Å². The molecule has 0 aliphatic carbocycles. The summed E-state index contributed by atoms with van der Waals surface area (Å²) in [6, 6.07) is 6.01. The summed E-state index contributed by atoms with van der Waals surface area (Å²) in [6.07, 6.45) is -1.33. The van der Waals surface area contributed by atoms with Gasteiger partial charge in [-0.25, -0.2) is 0 Å². The van der Waals surface area contributed by atoms with Crippen LogP contribution in [0, 0.1) is 0 Å². The summed E-state index contributed by atoms with van der Waals surface area (Å²) < 4.78 is 38.1. The van der Waals surface area contributed by atoms with Gasteiger partial charge < -0.3 is 0 Å². The fourth-order valence-electron chi connectivity index (χ4n) is 2.31. The molecule has 1 aromatic rings. The van der Waals surface area contributed by atoms with Crippen molar-refractivity contribution in [1.82, 2.24) is 4.90 Å². The lowest BCUT2D eigenvalue weighted by atomic mass is 9.98. The molecule has 0 amide bonds. The highest BCUT2D eigenvalue weighted by molar-refractivity contribution is 5.85. The Bertz CT molecular complexity index is 480. The van der Waals surface area contributed by atoms with Crippen LogP contribution in [0.3, 0.4) is 0 Å². The van der Waals surface area contributed by atoms with Crippen molar-refractivity contribution in [1.29, 1.82) is 0 Å². The highest BCUT2D eigenvalue weighted by Gasteiger charge is 2.30. The summed E-state index contributed by atoms with van der Waals surface area (Å²) in [5.41, 5.74) is 1.10. The summed E-state index contributed by atoms with van der Waals surface area (Å²) in [4.78, 5) is 2.27. The molecule has 0 saturated heterocycles. The van der Waals surface area contributed by atoms with Gasteiger partial charge in [0.2, 0.25) is 0 Å². The minimum absolute atomic E-state index is 0. The largest absolute Gasteiger partial charge is 0.416 e. The molecular weight excluding hydrogens is 287 g/mol. The van der Waals surface area contributed by atoms with Crippen molar-refractivity contribution in [3.05, 3.63) is 41.5 Å². The molecule has 1 aliphatic heterocycles. The number of halogens is 4. The zero-order chi connectivity index (χ0) is 14.0. The molecule has 0 spiro atoms. The second-order valence-electron chi connectivity index (χ2n) is 5.16. The fraction of sp³-hybridized carbons (Fsp3) is 0.467. The van der Waals surface area contributed by atoms with Crippen molar-refractivity contribution in [3.8, 4) is 0 Å². The lowest BCUT2D eigenvalue weighted by molar-refractivity contribution is -0.137. The van der Waals surface area contributed by atoms with Gasteiger partial charge in [-0.15, -0.1) is 12.4 Å². The molecule has 1 heterocycles. The Morgan fingerprint density at radius 1 is 1.20 bits per heavy atom. The first-order valence-electron chi connectivity index (χ1n) is 6.48. The smallest absolute Gasteiger partial charge is 0.296 e. The maximum atomic E-state index is 12.7. The molecule has 1 nitrogen and oxygen atoms in total. The second kappa shape index (κ2) is 6.64. The molecule has 0 radical (unpaired) electrons. The minimum atomic E-state index is -4.27. The molecule has 0 N–H and O–H groups in total. The summed E-state index contributed by atoms with van der Waals surface area (Å²) >= 11 is 0. The zero-order valence-corrected chi connectivity index (χ0v) is 12.4. The lowest BCUT2D eigenvalue weighted by Gasteiger charge is -2.31. The quantitative estimate of drug-likeness (QED) is 0.770. The van der Waals surface area contributed by atoms with Crippen molar-refractivity contribution in [2.24, 2.45) is 0 Å². The van der Waals surface area contributed by atoms with Gasteiger partial charge >= 0.3 is 6.18 Å². The molecule has 112 valence electrons. The van der Waals surface area contributed by atoms with Crippen molar-refractivity contribution in [3.63, 3.8) is 0 Å². The highest BCUT2D eigenvalue weighted by atomic mass is 35.5. The fourth-order valence-corrected chi connectivity index (χ4v) is 2.31. The molecule has 5 heteroatoms. The lowest BCUT2D eigenvalue weighted by Crippen LogP contribution is -2.35. The van der Waals surface area contributed by atoms with E-state index in [0.717, 1.165) is 31.1 Å². The molecule has 0 atom stereocenters. The van der Waals surface area contributed by atoms with Crippen LogP contribution < -0.4 is 0 Å². The van der Waals surface area contributed by atoms with E-state index in [9.17, 15) is 13.2 Å². The van der Waals surface area contributed by atoms with Crippen molar-refractivity contribution in [2.75, 3.05) is 13.1 Å². The van der Waals surface area contributed by atoms with E-state index in [4.69, 9.17) is 0 Å². The Morgan fingerprint density at radius 3 is 2.50 bits per heavy atom. The van der Waals surface area contributed by atoms with Crippen LogP contribution in [0.5, 0.6) is 0 Å². The van der Waals surface area contributed by atoms with Gasteiger partial charge in [0, 0.05) is 19.1 Å². The summed E-state index contributed by atoms with van der Waals surface area (Å²) in [7, 11) is 0. The van der Waals surface area contributed by atoms with Gasteiger partial charge in [-0.3, -0.25) is 4.90 Å². The van der Waals surface area contributed by atoms with E-state index in [1.165, 1.54) is 12.1 Å². The Balaban J connectivity index is 0.00000200. The van der Waals surface area contributed by atoms with Crippen LogP contribution in [-0.4, -0.2) is 24.0 Å². The third-order valence-corrected chi connectivity index (χ3v) is 3.47. The van der Waals surface area contributed by atoms with Crippen molar-refractivity contribution in [2.45, 2.75) is 32.5 Å². The molecule has 20 heavy (non-hydrogen) atoms. The van der Waals surface area contributed by atoms with E-state index >= 15 is 0 Å². The number of nitrogens with zero attached hydrogens (tertiary/aromatic N) is 1. The van der Waals surface area contributed by atoms with Crippen LogP contribution in [0.15, 0.2) is 30.3 Å². The predicted octanol–water partition coefficient (Wildman–Crippen LogP) is 4.62. The standard InChI is InChI=1S/C15H18F3N.ClH/c1-11(2)19-8-4-6-13(10-19)12-5-3-7-14(9-12)15(16,17)18;/h3,5-7,9,11H,4,8,10H2,1-2H3;1H. The van der Waals surface area contributed by atoms with Crippen LogP contribution in [0.4, 0.5) is 13.2 Å². The zero-order valence-electron chi connectivity index (χ0n) is 11.6. The average Bonchev–Trinajstić information content (AvgIpc) is 2.38. The van der Waals surface area contributed by atoms with Gasteiger partial charge in [0.15, 0.2) is 0 Å². The third-order valence-electron chi connectivity index (χ3n) is 3.47. The van der Waals surface area contributed by atoms with E-state index in [2.05, 4.69) is 18.7 Å². The topological polar surface area (TPSA) is 3.24 Å². The monoisotopic (exact) mass is 305 g/mol. The first-order valence-corrected chi connectivity index (χ1v) is 6.48. The SMILES string of the molecule is CC(C)N1CCC=C(c2cccc(C(F)(F)F)c2)C1.Cl. The molecule has 0 fully saturated rings. The van der Waals surface area contributed by atoms with E-state index in [0.29, 0.717) is 11.6 Å². The maximum absolute atomic E-state index is 12.7. The highest BCUT2D eigenvalue weighted by Crippen LogP contribution is 2.31. The van der Waals surface area contributed by atoms with Gasteiger partial charge in [0.25, 0.3) is 0 Å². The number of hydrogen-bond acceptors (Lipinski definition) is 1. The van der Waals surface area contributed by atoms with Crippen LogP contribution in [0.2, 0.25) is 0 Å². The maximum Gasteiger partial charge on any atom is 0.416 e. The predicted molar refractivity (Wildman–Crippen MR) is 78.0 cm³/mol. The second-order valence-corrected chi connectivity index (χ2v) is 5.16. The molecule has 0 aromatic heterocycles. The molecule has 0 unspecified atom stereocenters.